The largest absolute Gasteiger partial charge is 0.478 e. The molecule has 1 aromatic heterocycles. The molecule has 3 rings (SSSR count). The van der Waals surface area contributed by atoms with E-state index in [0.29, 0.717) is 18.2 Å². The summed E-state index contributed by atoms with van der Waals surface area (Å²) in [5.74, 6) is -0.603. The molecule has 25 heavy (non-hydrogen) atoms. The standard InChI is InChI=1S/C20H19N3O2/c1-14-7-5-6-10-16(14)18-17(19(24)25)13-22-20(23-18)21-12-11-15-8-3-2-4-9-15/h2-10,13H,11-12H2,1H3,(H,24,25)(H,21,22,23). The predicted octanol–water partition coefficient (Wildman–Crippen LogP) is 3.80. The lowest BCUT2D eigenvalue weighted by Crippen LogP contribution is -2.11. The Hall–Kier alpha value is -3.21. The van der Waals surface area contributed by atoms with Gasteiger partial charge in [-0.2, -0.15) is 0 Å². The zero-order valence-corrected chi connectivity index (χ0v) is 13.9. The van der Waals surface area contributed by atoms with Gasteiger partial charge >= 0.3 is 5.97 Å². The van der Waals surface area contributed by atoms with E-state index in [0.717, 1.165) is 17.5 Å². The lowest BCUT2D eigenvalue weighted by Gasteiger charge is -2.11. The Balaban J connectivity index is 1.83. The van der Waals surface area contributed by atoms with Gasteiger partial charge in [-0.25, -0.2) is 14.8 Å². The molecular formula is C20H19N3O2. The van der Waals surface area contributed by atoms with E-state index in [9.17, 15) is 9.90 Å². The van der Waals surface area contributed by atoms with Crippen molar-refractivity contribution in [3.8, 4) is 11.3 Å². The van der Waals surface area contributed by atoms with Gasteiger partial charge in [0, 0.05) is 18.3 Å². The van der Waals surface area contributed by atoms with Crippen molar-refractivity contribution < 1.29 is 9.90 Å². The second-order valence-corrected chi connectivity index (χ2v) is 5.74. The second-order valence-electron chi connectivity index (χ2n) is 5.74. The van der Waals surface area contributed by atoms with Gasteiger partial charge in [0.1, 0.15) is 5.56 Å². The summed E-state index contributed by atoms with van der Waals surface area (Å²) in [6.07, 6.45) is 2.20. The molecule has 0 saturated carbocycles. The van der Waals surface area contributed by atoms with Crippen LogP contribution in [0.15, 0.2) is 60.8 Å². The maximum Gasteiger partial charge on any atom is 0.339 e. The topological polar surface area (TPSA) is 75.1 Å². The molecule has 0 bridgehead atoms. The fourth-order valence-corrected chi connectivity index (χ4v) is 2.63. The number of benzene rings is 2. The van der Waals surface area contributed by atoms with Crippen molar-refractivity contribution in [3.05, 3.63) is 77.5 Å². The first kappa shape index (κ1) is 16.6. The summed E-state index contributed by atoms with van der Waals surface area (Å²) in [4.78, 5) is 20.1. The van der Waals surface area contributed by atoms with Gasteiger partial charge in [-0.3, -0.25) is 0 Å². The van der Waals surface area contributed by atoms with Crippen molar-refractivity contribution in [1.29, 1.82) is 0 Å². The third-order valence-electron chi connectivity index (χ3n) is 3.96. The molecule has 0 unspecified atom stereocenters. The van der Waals surface area contributed by atoms with Crippen molar-refractivity contribution in [3.63, 3.8) is 0 Å². The average molecular weight is 333 g/mol. The molecule has 0 aliphatic carbocycles. The summed E-state index contributed by atoms with van der Waals surface area (Å²) in [7, 11) is 0. The third kappa shape index (κ3) is 4.01. The van der Waals surface area contributed by atoms with Crippen LogP contribution in [-0.2, 0) is 6.42 Å². The fraction of sp³-hybridized carbons (Fsp3) is 0.150. The Morgan fingerprint density at radius 3 is 2.52 bits per heavy atom. The smallest absolute Gasteiger partial charge is 0.339 e. The van der Waals surface area contributed by atoms with Gasteiger partial charge in [0.05, 0.1) is 5.69 Å². The number of nitrogens with zero attached hydrogens (tertiary/aromatic N) is 2. The Bertz CT molecular complexity index is 879. The van der Waals surface area contributed by atoms with Crippen LogP contribution >= 0.6 is 0 Å². The SMILES string of the molecule is Cc1ccccc1-c1nc(NCCc2ccccc2)ncc1C(=O)O. The zero-order chi connectivity index (χ0) is 17.6. The molecule has 0 aliphatic rings. The van der Waals surface area contributed by atoms with E-state index in [2.05, 4.69) is 27.4 Å². The number of hydrogen-bond acceptors (Lipinski definition) is 4. The summed E-state index contributed by atoms with van der Waals surface area (Å²) in [5.41, 5.74) is 3.52. The van der Waals surface area contributed by atoms with E-state index < -0.39 is 5.97 Å². The molecule has 0 saturated heterocycles. The van der Waals surface area contributed by atoms with Gasteiger partial charge in [0.2, 0.25) is 5.95 Å². The lowest BCUT2D eigenvalue weighted by atomic mass is 10.0. The van der Waals surface area contributed by atoms with Crippen molar-refractivity contribution in [2.75, 3.05) is 11.9 Å². The zero-order valence-electron chi connectivity index (χ0n) is 13.9. The second kappa shape index (κ2) is 7.57. The molecule has 0 radical (unpaired) electrons. The number of nitrogens with one attached hydrogen (secondary N) is 1. The summed E-state index contributed by atoms with van der Waals surface area (Å²) in [6.45, 7) is 2.61. The first-order valence-electron chi connectivity index (χ1n) is 8.09. The highest BCUT2D eigenvalue weighted by Crippen LogP contribution is 2.25. The highest BCUT2D eigenvalue weighted by molar-refractivity contribution is 5.95. The molecule has 0 atom stereocenters. The van der Waals surface area contributed by atoms with E-state index in [1.54, 1.807) is 0 Å². The highest BCUT2D eigenvalue weighted by atomic mass is 16.4. The van der Waals surface area contributed by atoms with Crippen LogP contribution in [0.4, 0.5) is 5.95 Å². The summed E-state index contributed by atoms with van der Waals surface area (Å²) < 4.78 is 0. The van der Waals surface area contributed by atoms with Gasteiger partial charge in [-0.15, -0.1) is 0 Å². The van der Waals surface area contributed by atoms with Gasteiger partial charge in [0.25, 0.3) is 0 Å². The number of aromatic nitrogens is 2. The molecule has 2 aromatic carbocycles. The van der Waals surface area contributed by atoms with Crippen LogP contribution in [0, 0.1) is 6.92 Å². The minimum absolute atomic E-state index is 0.0999. The molecule has 5 nitrogen and oxygen atoms in total. The lowest BCUT2D eigenvalue weighted by molar-refractivity contribution is 0.0697. The van der Waals surface area contributed by atoms with Crippen LogP contribution in [0.3, 0.4) is 0 Å². The van der Waals surface area contributed by atoms with Crippen LogP contribution in [0.2, 0.25) is 0 Å². The molecule has 0 amide bonds. The molecule has 126 valence electrons. The maximum absolute atomic E-state index is 11.5. The molecule has 3 aromatic rings. The summed E-state index contributed by atoms with van der Waals surface area (Å²) in [6, 6.07) is 17.7. The Labute approximate surface area is 146 Å². The van der Waals surface area contributed by atoms with Crippen molar-refractivity contribution in [1.82, 2.24) is 9.97 Å². The Kier molecular flexibility index (Phi) is 5.04. The molecular weight excluding hydrogens is 314 g/mol. The van der Waals surface area contributed by atoms with E-state index in [1.165, 1.54) is 11.8 Å². The van der Waals surface area contributed by atoms with Crippen LogP contribution in [0.25, 0.3) is 11.3 Å². The molecule has 5 heteroatoms. The third-order valence-corrected chi connectivity index (χ3v) is 3.96. The number of aromatic carboxylic acids is 1. The Morgan fingerprint density at radius 2 is 1.80 bits per heavy atom. The van der Waals surface area contributed by atoms with Crippen LogP contribution in [-0.4, -0.2) is 27.6 Å². The quantitative estimate of drug-likeness (QED) is 0.717. The van der Waals surface area contributed by atoms with Gasteiger partial charge in [-0.05, 0) is 24.5 Å². The Morgan fingerprint density at radius 1 is 1.08 bits per heavy atom. The minimum Gasteiger partial charge on any atom is -0.478 e. The average Bonchev–Trinajstić information content (AvgIpc) is 2.63. The van der Waals surface area contributed by atoms with Gasteiger partial charge in [0.15, 0.2) is 0 Å². The van der Waals surface area contributed by atoms with E-state index >= 15 is 0 Å². The number of aryl methyl sites for hydroxylation is 1. The highest BCUT2D eigenvalue weighted by Gasteiger charge is 2.16. The fourth-order valence-electron chi connectivity index (χ4n) is 2.63. The van der Waals surface area contributed by atoms with E-state index in [1.807, 2.05) is 49.4 Å². The van der Waals surface area contributed by atoms with Gasteiger partial charge in [-0.1, -0.05) is 54.6 Å². The summed E-state index contributed by atoms with van der Waals surface area (Å²) in [5, 5.41) is 12.6. The molecule has 0 aliphatic heterocycles. The number of rotatable bonds is 6. The first-order valence-corrected chi connectivity index (χ1v) is 8.09. The van der Waals surface area contributed by atoms with E-state index in [-0.39, 0.29) is 5.56 Å². The molecule has 0 spiro atoms. The van der Waals surface area contributed by atoms with Crippen molar-refractivity contribution in [2.24, 2.45) is 0 Å². The maximum atomic E-state index is 11.5. The molecule has 1 heterocycles. The molecule has 0 fully saturated rings. The minimum atomic E-state index is -1.03. The first-order chi connectivity index (χ1) is 12.1. The van der Waals surface area contributed by atoms with Crippen LogP contribution in [0.1, 0.15) is 21.5 Å². The van der Waals surface area contributed by atoms with Gasteiger partial charge < -0.3 is 10.4 Å². The molecule has 2 N–H and O–H groups in total. The van der Waals surface area contributed by atoms with Crippen LogP contribution < -0.4 is 5.32 Å². The number of carboxylic acid groups (broad SMARTS) is 1. The number of carbonyl (C=O) groups is 1. The van der Waals surface area contributed by atoms with Crippen LogP contribution in [0.5, 0.6) is 0 Å². The summed E-state index contributed by atoms with van der Waals surface area (Å²) >= 11 is 0. The number of hydrogen-bond donors (Lipinski definition) is 2. The van der Waals surface area contributed by atoms with Crippen molar-refractivity contribution >= 4 is 11.9 Å². The normalized spacial score (nSPS) is 10.4. The van der Waals surface area contributed by atoms with E-state index in [4.69, 9.17) is 0 Å². The number of anilines is 1. The number of carboxylic acids is 1. The monoisotopic (exact) mass is 333 g/mol. The predicted molar refractivity (Wildman–Crippen MR) is 97.8 cm³/mol. The van der Waals surface area contributed by atoms with Crippen molar-refractivity contribution in [2.45, 2.75) is 13.3 Å².